The molecule has 0 saturated carbocycles. The van der Waals surface area contributed by atoms with Crippen LogP contribution in [0.1, 0.15) is 21.5 Å². The lowest BCUT2D eigenvalue weighted by Gasteiger charge is -2.13. The fourth-order valence-electron chi connectivity index (χ4n) is 3.91. The quantitative estimate of drug-likeness (QED) is 0.321. The molecule has 9 heteroatoms. The number of nitrogen functional groups attached to an aromatic ring is 1. The highest BCUT2D eigenvalue weighted by Gasteiger charge is 2.23. The molecule has 4 aromatic rings. The van der Waals surface area contributed by atoms with Crippen molar-refractivity contribution in [3.05, 3.63) is 82.5 Å². The zero-order valence-electron chi connectivity index (χ0n) is 20.9. The van der Waals surface area contributed by atoms with Crippen LogP contribution in [0.5, 0.6) is 0 Å². The second-order valence-corrected chi connectivity index (χ2v) is 9.20. The van der Waals surface area contributed by atoms with Crippen LogP contribution in [0.2, 0.25) is 5.02 Å². The normalized spacial score (nSPS) is 10.7. The number of nitrogens with two attached hydrogens (primary N) is 2. The van der Waals surface area contributed by atoms with Gasteiger partial charge >= 0.3 is 0 Å². The van der Waals surface area contributed by atoms with Gasteiger partial charge in [-0.2, -0.15) is 0 Å². The first-order chi connectivity index (χ1) is 17.7. The van der Waals surface area contributed by atoms with Gasteiger partial charge in [-0.15, -0.1) is 0 Å². The maximum absolute atomic E-state index is 12.6. The zero-order chi connectivity index (χ0) is 26.5. The first-order valence-electron chi connectivity index (χ1n) is 11.6. The molecule has 8 nitrogen and oxygen atoms in total. The lowest BCUT2D eigenvalue weighted by Crippen LogP contribution is -2.21. The molecule has 5 N–H and O–H groups in total. The molecular weight excluding hydrogens is 486 g/mol. The van der Waals surface area contributed by atoms with Gasteiger partial charge in [0.15, 0.2) is 0 Å². The molecule has 0 saturated heterocycles. The largest absolute Gasteiger partial charge is 0.383 e. The van der Waals surface area contributed by atoms with E-state index in [0.717, 1.165) is 35.5 Å². The van der Waals surface area contributed by atoms with Gasteiger partial charge in [0, 0.05) is 47.2 Å². The molecule has 2 aromatic carbocycles. The van der Waals surface area contributed by atoms with E-state index >= 15 is 0 Å². The summed E-state index contributed by atoms with van der Waals surface area (Å²) in [6, 6.07) is 19.9. The molecule has 2 heterocycles. The van der Waals surface area contributed by atoms with Crippen molar-refractivity contribution in [3.8, 4) is 34.6 Å². The number of hydrogen-bond acceptors (Lipinski definition) is 6. The van der Waals surface area contributed by atoms with Crippen LogP contribution in [0.25, 0.3) is 22.6 Å². The van der Waals surface area contributed by atoms with Gasteiger partial charge in [0.05, 0.1) is 22.6 Å². The molecule has 0 spiro atoms. The van der Waals surface area contributed by atoms with Crippen LogP contribution in [0.3, 0.4) is 0 Å². The van der Waals surface area contributed by atoms with Gasteiger partial charge in [-0.25, -0.2) is 9.97 Å². The van der Waals surface area contributed by atoms with Crippen molar-refractivity contribution >= 4 is 29.1 Å². The first kappa shape index (κ1) is 25.8. The molecule has 0 aliphatic rings. The van der Waals surface area contributed by atoms with Crippen LogP contribution in [-0.2, 0) is 0 Å². The van der Waals surface area contributed by atoms with E-state index in [1.807, 2.05) is 51.4 Å². The molecule has 1 amide bonds. The van der Waals surface area contributed by atoms with Crippen molar-refractivity contribution in [3.63, 3.8) is 0 Å². The zero-order valence-corrected chi connectivity index (χ0v) is 21.7. The van der Waals surface area contributed by atoms with Crippen molar-refractivity contribution in [1.82, 2.24) is 19.4 Å². The van der Waals surface area contributed by atoms with E-state index in [9.17, 15) is 4.79 Å². The minimum atomic E-state index is -0.594. The summed E-state index contributed by atoms with van der Waals surface area (Å²) in [6.45, 7) is 3.58. The lowest BCUT2D eigenvalue weighted by molar-refractivity contribution is 0.100. The number of likely N-dealkylation sites (N-methyl/N-ethyl adjacent to an activating group) is 1. The number of hydrogen-bond donors (Lipinski definition) is 3. The highest BCUT2D eigenvalue weighted by atomic mass is 35.5. The van der Waals surface area contributed by atoms with E-state index < -0.39 is 5.91 Å². The van der Waals surface area contributed by atoms with Crippen LogP contribution in [0.4, 0.5) is 11.6 Å². The molecule has 4 rings (SSSR count). The Kier molecular flexibility index (Phi) is 7.77. The molecule has 2 aromatic heterocycles. The number of anilines is 2. The number of para-hydroxylation sites is 1. The van der Waals surface area contributed by atoms with Gasteiger partial charge in [-0.05, 0) is 68.9 Å². The molecule has 0 fully saturated rings. The summed E-state index contributed by atoms with van der Waals surface area (Å²) in [5.41, 5.74) is 17.0. The van der Waals surface area contributed by atoms with Gasteiger partial charge in [-0.1, -0.05) is 29.8 Å². The highest BCUT2D eigenvalue weighted by Crippen LogP contribution is 2.35. The Bertz CT molecular complexity index is 1510. The molecule has 0 bridgehead atoms. The lowest BCUT2D eigenvalue weighted by atomic mass is 10.0. The summed E-state index contributed by atoms with van der Waals surface area (Å²) >= 11 is 6.35. The van der Waals surface area contributed by atoms with Gasteiger partial charge < -0.3 is 21.7 Å². The minimum absolute atomic E-state index is 0.106. The third kappa shape index (κ3) is 5.92. The Morgan fingerprint density at radius 3 is 2.68 bits per heavy atom. The highest BCUT2D eigenvalue weighted by molar-refractivity contribution is 6.31. The minimum Gasteiger partial charge on any atom is -0.383 e. The number of primary amides is 1. The molecule has 188 valence electrons. The molecular formula is C28H28ClN7O. The average Bonchev–Trinajstić information content (AvgIpc) is 3.24. The maximum atomic E-state index is 12.6. The third-order valence-electron chi connectivity index (χ3n) is 5.76. The van der Waals surface area contributed by atoms with E-state index in [1.165, 1.54) is 0 Å². The van der Waals surface area contributed by atoms with Gasteiger partial charge in [0.2, 0.25) is 5.95 Å². The van der Waals surface area contributed by atoms with Crippen molar-refractivity contribution in [2.75, 3.05) is 38.2 Å². The number of halogens is 1. The van der Waals surface area contributed by atoms with Crippen LogP contribution >= 0.6 is 11.6 Å². The number of nitrogens with zero attached hydrogens (tertiary/aromatic N) is 4. The Morgan fingerprint density at radius 2 is 1.95 bits per heavy atom. The van der Waals surface area contributed by atoms with Crippen LogP contribution in [-0.4, -0.2) is 52.5 Å². The molecule has 0 aliphatic heterocycles. The van der Waals surface area contributed by atoms with Crippen molar-refractivity contribution in [1.29, 1.82) is 0 Å². The summed E-state index contributed by atoms with van der Waals surface area (Å²) in [4.78, 5) is 23.1. The Labute approximate surface area is 221 Å². The molecule has 0 aliphatic carbocycles. The number of rotatable bonds is 7. The SMILES string of the molecule is Cc1ccc(Cl)cc1-c1c(C(N)=O)cc(-c2ccnc(N)n2)n1C#Cc1ccccc1NCCN(C)C. The van der Waals surface area contributed by atoms with Crippen molar-refractivity contribution in [2.45, 2.75) is 6.92 Å². The van der Waals surface area contributed by atoms with Gasteiger partial charge in [-0.3, -0.25) is 9.36 Å². The number of aromatic nitrogens is 3. The predicted molar refractivity (Wildman–Crippen MR) is 149 cm³/mol. The summed E-state index contributed by atoms with van der Waals surface area (Å²) in [5, 5.41) is 3.97. The van der Waals surface area contributed by atoms with Gasteiger partial charge in [0.1, 0.15) is 0 Å². The molecule has 37 heavy (non-hydrogen) atoms. The van der Waals surface area contributed by atoms with Crippen LogP contribution < -0.4 is 16.8 Å². The fourth-order valence-corrected chi connectivity index (χ4v) is 4.08. The first-order valence-corrected chi connectivity index (χ1v) is 12.0. The number of carbonyl (C=O) groups excluding carboxylic acids is 1. The Balaban J connectivity index is 1.94. The standard InChI is InChI=1S/C28H28ClN7O/c1-18-8-9-20(29)16-21(18)26-22(27(30)37)17-25(24-10-12-33-28(31)34-24)36(26)14-11-19-6-4-5-7-23(19)32-13-15-35(2)3/h4-10,12,16-17,32H,13,15H2,1-3H3,(H2,30,37)(H2,31,33,34). The maximum Gasteiger partial charge on any atom is 0.250 e. The fraction of sp³-hybridized carbons (Fsp3) is 0.179. The smallest absolute Gasteiger partial charge is 0.250 e. The predicted octanol–water partition coefficient (Wildman–Crippen LogP) is 4.09. The summed E-state index contributed by atoms with van der Waals surface area (Å²) in [5.74, 6) is 2.78. The topological polar surface area (TPSA) is 115 Å². The monoisotopic (exact) mass is 513 g/mol. The number of amides is 1. The van der Waals surface area contributed by atoms with E-state index in [1.54, 1.807) is 35.0 Å². The summed E-state index contributed by atoms with van der Waals surface area (Å²) < 4.78 is 1.72. The van der Waals surface area contributed by atoms with E-state index in [-0.39, 0.29) is 5.95 Å². The molecule has 0 atom stereocenters. The third-order valence-corrected chi connectivity index (χ3v) is 6.00. The second kappa shape index (κ2) is 11.2. The van der Waals surface area contributed by atoms with Gasteiger partial charge in [0.25, 0.3) is 5.91 Å². The number of carbonyl (C=O) groups is 1. The summed E-state index contributed by atoms with van der Waals surface area (Å²) in [7, 11) is 4.05. The number of benzene rings is 2. The van der Waals surface area contributed by atoms with E-state index in [2.05, 4.69) is 32.1 Å². The van der Waals surface area contributed by atoms with Crippen molar-refractivity contribution in [2.24, 2.45) is 5.73 Å². The molecule has 0 unspecified atom stereocenters. The second-order valence-electron chi connectivity index (χ2n) is 8.76. The average molecular weight is 514 g/mol. The van der Waals surface area contributed by atoms with E-state index in [0.29, 0.717) is 27.7 Å². The van der Waals surface area contributed by atoms with Crippen LogP contribution in [0, 0.1) is 18.9 Å². The molecule has 0 radical (unpaired) electrons. The number of aryl methyl sites for hydroxylation is 1. The van der Waals surface area contributed by atoms with E-state index in [4.69, 9.17) is 23.1 Å². The van der Waals surface area contributed by atoms with Crippen molar-refractivity contribution < 1.29 is 4.79 Å². The Morgan fingerprint density at radius 1 is 1.16 bits per heavy atom. The van der Waals surface area contributed by atoms with Crippen LogP contribution in [0.15, 0.2) is 60.8 Å². The Hall–Kier alpha value is -4.32. The summed E-state index contributed by atoms with van der Waals surface area (Å²) in [6.07, 6.45) is 1.56. The number of nitrogens with one attached hydrogen (secondary N) is 1.